The highest BCUT2D eigenvalue weighted by atomic mass is 19.1. The number of halogens is 1. The molecule has 0 bridgehead atoms. The van der Waals surface area contributed by atoms with Crippen LogP contribution in [0.15, 0.2) is 60.8 Å². The van der Waals surface area contributed by atoms with E-state index in [1.807, 2.05) is 18.2 Å². The Morgan fingerprint density at radius 2 is 1.75 bits per heavy atom. The molecular formula is C23H22FN5O3. The molecule has 0 spiro atoms. The van der Waals surface area contributed by atoms with Gasteiger partial charge in [-0.1, -0.05) is 0 Å². The van der Waals surface area contributed by atoms with E-state index < -0.39 is 0 Å². The summed E-state index contributed by atoms with van der Waals surface area (Å²) in [6.07, 6.45) is 3.07. The second-order valence-electron chi connectivity index (χ2n) is 7.08. The van der Waals surface area contributed by atoms with Crippen molar-refractivity contribution >= 4 is 11.7 Å². The number of nitrogens with zero attached hydrogens (tertiary/aromatic N) is 3. The molecule has 0 atom stereocenters. The number of ether oxygens (including phenoxy) is 2. The number of carbonyl (C=O) groups is 1. The number of hydrogen-bond donors (Lipinski definition) is 2. The fourth-order valence-electron chi connectivity index (χ4n) is 3.21. The van der Waals surface area contributed by atoms with Crippen LogP contribution in [0, 0.1) is 5.82 Å². The topological polar surface area (TPSA) is 94.1 Å². The zero-order valence-electron chi connectivity index (χ0n) is 17.6. The van der Waals surface area contributed by atoms with Crippen molar-refractivity contribution < 1.29 is 18.7 Å². The Labute approximate surface area is 184 Å². The Kier molecular flexibility index (Phi) is 6.16. The fourth-order valence-corrected chi connectivity index (χ4v) is 3.21. The number of methoxy groups -OCH3 is 2. The molecule has 0 aliphatic carbocycles. The first-order chi connectivity index (χ1) is 15.5. The number of aromatic nitrogens is 4. The molecule has 4 aromatic rings. The minimum Gasteiger partial charge on any atom is -0.497 e. The minimum absolute atomic E-state index is 0.224. The van der Waals surface area contributed by atoms with Gasteiger partial charge in [-0.05, 0) is 60.9 Å². The van der Waals surface area contributed by atoms with E-state index in [-0.39, 0.29) is 17.4 Å². The van der Waals surface area contributed by atoms with Crippen LogP contribution in [0.2, 0.25) is 0 Å². The largest absolute Gasteiger partial charge is 0.497 e. The molecule has 1 amide bonds. The van der Waals surface area contributed by atoms with Gasteiger partial charge in [0.25, 0.3) is 5.91 Å². The van der Waals surface area contributed by atoms with Gasteiger partial charge in [0.1, 0.15) is 17.3 Å². The summed E-state index contributed by atoms with van der Waals surface area (Å²) in [5, 5.41) is 14.1. The first kappa shape index (κ1) is 21.1. The number of hydrogen-bond acceptors (Lipinski definition) is 5. The number of amides is 1. The molecule has 9 heteroatoms. The summed E-state index contributed by atoms with van der Waals surface area (Å²) in [6, 6.07) is 15.0. The second-order valence-corrected chi connectivity index (χ2v) is 7.08. The molecule has 4 rings (SSSR count). The summed E-state index contributed by atoms with van der Waals surface area (Å²) in [7, 11) is 3.23. The Hall–Kier alpha value is -4.14. The maximum Gasteiger partial charge on any atom is 0.277 e. The number of aromatic amines is 1. The van der Waals surface area contributed by atoms with Gasteiger partial charge in [-0.3, -0.25) is 9.89 Å². The molecule has 0 fully saturated rings. The maximum absolute atomic E-state index is 13.1. The van der Waals surface area contributed by atoms with Crippen molar-refractivity contribution in [1.82, 2.24) is 20.0 Å². The van der Waals surface area contributed by atoms with Crippen LogP contribution >= 0.6 is 0 Å². The van der Waals surface area contributed by atoms with Crippen LogP contribution in [-0.4, -0.2) is 40.1 Å². The highest BCUT2D eigenvalue weighted by Gasteiger charge is 2.13. The highest BCUT2D eigenvalue weighted by molar-refractivity contribution is 6.02. The normalized spacial score (nSPS) is 10.7. The second kappa shape index (κ2) is 9.34. The van der Waals surface area contributed by atoms with Crippen molar-refractivity contribution in [1.29, 1.82) is 0 Å². The predicted molar refractivity (Wildman–Crippen MR) is 117 cm³/mol. The lowest BCUT2D eigenvalue weighted by Gasteiger charge is -2.07. The molecule has 0 radical (unpaired) electrons. The van der Waals surface area contributed by atoms with Crippen molar-refractivity contribution in [3.8, 4) is 17.2 Å². The molecule has 32 heavy (non-hydrogen) atoms. The van der Waals surface area contributed by atoms with Gasteiger partial charge in [0, 0.05) is 24.0 Å². The maximum atomic E-state index is 13.1. The Morgan fingerprint density at radius 3 is 2.44 bits per heavy atom. The molecule has 8 nitrogen and oxygen atoms in total. The summed E-state index contributed by atoms with van der Waals surface area (Å²) >= 11 is 0. The van der Waals surface area contributed by atoms with Gasteiger partial charge in [0.15, 0.2) is 11.5 Å². The third-order valence-corrected chi connectivity index (χ3v) is 4.88. The molecular weight excluding hydrogens is 413 g/mol. The molecule has 2 heterocycles. The summed E-state index contributed by atoms with van der Waals surface area (Å²) in [4.78, 5) is 12.5. The van der Waals surface area contributed by atoms with Gasteiger partial charge >= 0.3 is 0 Å². The Morgan fingerprint density at radius 1 is 1.03 bits per heavy atom. The SMILES string of the molecule is COc1cc(CCc2cc(NC(=O)c3ccn(-c4ccc(F)cc4)n3)n[nH]2)cc(OC)c1. The van der Waals surface area contributed by atoms with Gasteiger partial charge in [0.2, 0.25) is 0 Å². The average molecular weight is 435 g/mol. The van der Waals surface area contributed by atoms with E-state index >= 15 is 0 Å². The Balaban J connectivity index is 1.37. The zero-order chi connectivity index (χ0) is 22.5. The lowest BCUT2D eigenvalue weighted by molar-refractivity contribution is 0.102. The van der Waals surface area contributed by atoms with Gasteiger partial charge in [-0.25, -0.2) is 9.07 Å². The fraction of sp³-hybridized carbons (Fsp3) is 0.174. The Bertz CT molecular complexity index is 1190. The minimum atomic E-state index is -0.388. The predicted octanol–water partition coefficient (Wildman–Crippen LogP) is 3.79. The molecule has 164 valence electrons. The monoisotopic (exact) mass is 435 g/mol. The highest BCUT2D eigenvalue weighted by Crippen LogP contribution is 2.23. The molecule has 0 aliphatic heterocycles. The molecule has 0 saturated heterocycles. The number of benzene rings is 2. The van der Waals surface area contributed by atoms with Crippen LogP contribution in [0.1, 0.15) is 21.7 Å². The van der Waals surface area contributed by atoms with Crippen LogP contribution in [-0.2, 0) is 12.8 Å². The van der Waals surface area contributed by atoms with Crippen molar-refractivity contribution in [2.24, 2.45) is 0 Å². The van der Waals surface area contributed by atoms with E-state index in [0.717, 1.165) is 29.2 Å². The van der Waals surface area contributed by atoms with E-state index in [9.17, 15) is 9.18 Å². The third kappa shape index (κ3) is 4.94. The van der Waals surface area contributed by atoms with Crippen LogP contribution in [0.25, 0.3) is 5.69 Å². The number of aryl methyl sites for hydroxylation is 2. The number of carbonyl (C=O) groups excluding carboxylic acids is 1. The first-order valence-corrected chi connectivity index (χ1v) is 9.93. The third-order valence-electron chi connectivity index (χ3n) is 4.88. The zero-order valence-corrected chi connectivity index (χ0v) is 17.6. The summed E-state index contributed by atoms with van der Waals surface area (Å²) in [5.41, 5.74) is 2.82. The molecule has 0 aliphatic rings. The smallest absolute Gasteiger partial charge is 0.277 e. The lowest BCUT2D eigenvalue weighted by Crippen LogP contribution is -2.13. The van der Waals surface area contributed by atoms with Crippen molar-refractivity contribution in [3.05, 3.63) is 83.6 Å². The standard InChI is InChI=1S/C23H22FN5O3/c1-31-19-11-15(12-20(14-19)32-2)3-6-17-13-22(27-26-17)25-23(30)21-9-10-29(28-21)18-7-4-16(24)5-8-18/h4-5,7-14H,3,6H2,1-2H3,(H2,25,26,27,30). The van der Waals surface area contributed by atoms with E-state index in [1.54, 1.807) is 44.7 Å². The summed E-state index contributed by atoms with van der Waals surface area (Å²) < 4.78 is 25.2. The van der Waals surface area contributed by atoms with E-state index in [4.69, 9.17) is 9.47 Å². The van der Waals surface area contributed by atoms with E-state index in [2.05, 4.69) is 20.6 Å². The number of H-pyrrole nitrogens is 1. The van der Waals surface area contributed by atoms with Crippen LogP contribution in [0.5, 0.6) is 11.5 Å². The van der Waals surface area contributed by atoms with Crippen LogP contribution < -0.4 is 14.8 Å². The molecule has 2 aromatic heterocycles. The van der Waals surface area contributed by atoms with Gasteiger partial charge < -0.3 is 14.8 Å². The van der Waals surface area contributed by atoms with Gasteiger partial charge in [-0.2, -0.15) is 10.2 Å². The quantitative estimate of drug-likeness (QED) is 0.439. The number of nitrogens with one attached hydrogen (secondary N) is 2. The van der Waals surface area contributed by atoms with Crippen molar-refractivity contribution in [3.63, 3.8) is 0 Å². The lowest BCUT2D eigenvalue weighted by atomic mass is 10.1. The van der Waals surface area contributed by atoms with E-state index in [0.29, 0.717) is 17.9 Å². The summed E-state index contributed by atoms with van der Waals surface area (Å²) in [6.45, 7) is 0. The molecule has 2 aromatic carbocycles. The van der Waals surface area contributed by atoms with E-state index in [1.165, 1.54) is 16.8 Å². The van der Waals surface area contributed by atoms with Crippen LogP contribution in [0.3, 0.4) is 0 Å². The molecule has 2 N–H and O–H groups in total. The molecule has 0 saturated carbocycles. The van der Waals surface area contributed by atoms with Gasteiger partial charge in [0.05, 0.1) is 19.9 Å². The molecule has 0 unspecified atom stereocenters. The average Bonchev–Trinajstić information content (AvgIpc) is 3.48. The van der Waals surface area contributed by atoms with Crippen molar-refractivity contribution in [2.45, 2.75) is 12.8 Å². The summed E-state index contributed by atoms with van der Waals surface area (Å²) in [5.74, 6) is 1.15. The van der Waals surface area contributed by atoms with Gasteiger partial charge in [-0.15, -0.1) is 0 Å². The number of anilines is 1. The first-order valence-electron chi connectivity index (χ1n) is 9.93. The number of rotatable bonds is 8. The van der Waals surface area contributed by atoms with Crippen molar-refractivity contribution in [2.75, 3.05) is 19.5 Å². The van der Waals surface area contributed by atoms with Crippen LogP contribution in [0.4, 0.5) is 10.2 Å².